The van der Waals surface area contributed by atoms with E-state index in [1.54, 1.807) is 50.6 Å². The van der Waals surface area contributed by atoms with Crippen molar-refractivity contribution in [2.24, 2.45) is 0 Å². The number of halogens is 1. The van der Waals surface area contributed by atoms with Gasteiger partial charge in [-0.15, -0.1) is 10.2 Å². The summed E-state index contributed by atoms with van der Waals surface area (Å²) in [5.74, 6) is 1.97. The van der Waals surface area contributed by atoms with Crippen LogP contribution in [0.1, 0.15) is 0 Å². The van der Waals surface area contributed by atoms with Crippen molar-refractivity contribution < 1.29 is 23.0 Å². The van der Waals surface area contributed by atoms with Crippen LogP contribution in [0, 0.1) is 5.82 Å². The van der Waals surface area contributed by atoms with Gasteiger partial charge in [-0.25, -0.2) is 4.39 Å². The maximum Gasteiger partial charge on any atom is 0.276 e. The molecule has 0 aliphatic carbocycles. The molecule has 0 aliphatic rings. The Morgan fingerprint density at radius 2 is 1.88 bits per heavy atom. The standard InChI is InChI=1S/C18H17FN2O4S/c1-22-12-7-8-13(16(11-12)23-2)17-20-21-18(25-17)26-10-9-24-15-6-4-3-5-14(15)19/h3-8,11H,9-10H2,1-2H3. The third-order valence-electron chi connectivity index (χ3n) is 3.45. The van der Waals surface area contributed by atoms with E-state index in [0.29, 0.717) is 40.5 Å². The molecule has 0 unspecified atom stereocenters. The first-order valence-electron chi connectivity index (χ1n) is 7.77. The van der Waals surface area contributed by atoms with Crippen molar-refractivity contribution in [3.8, 4) is 28.7 Å². The van der Waals surface area contributed by atoms with Gasteiger partial charge in [-0.2, -0.15) is 0 Å². The summed E-state index contributed by atoms with van der Waals surface area (Å²) in [7, 11) is 3.14. The summed E-state index contributed by atoms with van der Waals surface area (Å²) in [4.78, 5) is 0. The molecule has 0 atom stereocenters. The minimum Gasteiger partial charge on any atom is -0.497 e. The van der Waals surface area contributed by atoms with Crippen molar-refractivity contribution in [2.75, 3.05) is 26.6 Å². The Balaban J connectivity index is 1.59. The van der Waals surface area contributed by atoms with Crippen LogP contribution in [-0.4, -0.2) is 36.8 Å². The van der Waals surface area contributed by atoms with E-state index in [1.807, 2.05) is 0 Å². The van der Waals surface area contributed by atoms with Crippen molar-refractivity contribution in [3.63, 3.8) is 0 Å². The highest BCUT2D eigenvalue weighted by Crippen LogP contribution is 2.33. The first-order chi connectivity index (χ1) is 12.7. The fourth-order valence-corrected chi connectivity index (χ4v) is 2.77. The summed E-state index contributed by atoms with van der Waals surface area (Å²) in [6, 6.07) is 11.6. The van der Waals surface area contributed by atoms with E-state index in [2.05, 4.69) is 10.2 Å². The van der Waals surface area contributed by atoms with E-state index in [1.165, 1.54) is 17.8 Å². The van der Waals surface area contributed by atoms with Crippen LogP contribution in [0.25, 0.3) is 11.5 Å². The number of para-hydroxylation sites is 1. The third-order valence-corrected chi connectivity index (χ3v) is 4.23. The summed E-state index contributed by atoms with van der Waals surface area (Å²) in [5.41, 5.74) is 0.676. The number of benzene rings is 2. The number of thioether (sulfide) groups is 1. The zero-order valence-electron chi connectivity index (χ0n) is 14.3. The molecule has 26 heavy (non-hydrogen) atoms. The molecule has 3 rings (SSSR count). The predicted molar refractivity (Wildman–Crippen MR) is 95.5 cm³/mol. The zero-order chi connectivity index (χ0) is 18.4. The van der Waals surface area contributed by atoms with Crippen molar-refractivity contribution in [1.29, 1.82) is 0 Å². The molecule has 2 aromatic carbocycles. The fraction of sp³-hybridized carbons (Fsp3) is 0.222. The lowest BCUT2D eigenvalue weighted by Gasteiger charge is -2.07. The summed E-state index contributed by atoms with van der Waals surface area (Å²) in [5, 5.41) is 8.44. The summed E-state index contributed by atoms with van der Waals surface area (Å²) >= 11 is 1.33. The van der Waals surface area contributed by atoms with Crippen LogP contribution in [0.15, 0.2) is 52.1 Å². The first kappa shape index (κ1) is 18.1. The number of rotatable bonds is 8. The van der Waals surface area contributed by atoms with Gasteiger partial charge in [0.15, 0.2) is 11.6 Å². The van der Waals surface area contributed by atoms with E-state index in [4.69, 9.17) is 18.6 Å². The van der Waals surface area contributed by atoms with Crippen LogP contribution in [0.4, 0.5) is 4.39 Å². The molecule has 0 amide bonds. The molecule has 1 heterocycles. The Bertz CT molecular complexity index is 872. The Morgan fingerprint density at radius 1 is 1.04 bits per heavy atom. The number of hydrogen-bond donors (Lipinski definition) is 0. The van der Waals surface area contributed by atoms with Crippen LogP contribution in [0.3, 0.4) is 0 Å². The number of methoxy groups -OCH3 is 2. The number of ether oxygens (including phenoxy) is 3. The molecule has 0 saturated heterocycles. The molecule has 8 heteroatoms. The quantitative estimate of drug-likeness (QED) is 0.434. The topological polar surface area (TPSA) is 66.6 Å². The summed E-state index contributed by atoms with van der Waals surface area (Å²) < 4.78 is 35.0. The second kappa shape index (κ2) is 8.57. The molecule has 0 bridgehead atoms. The number of nitrogens with zero attached hydrogens (tertiary/aromatic N) is 2. The summed E-state index contributed by atoms with van der Waals surface area (Å²) in [6.07, 6.45) is 0. The third kappa shape index (κ3) is 4.26. The van der Waals surface area contributed by atoms with Gasteiger partial charge in [0.05, 0.1) is 26.4 Å². The zero-order valence-corrected chi connectivity index (χ0v) is 15.1. The van der Waals surface area contributed by atoms with Gasteiger partial charge in [-0.1, -0.05) is 23.9 Å². The molecule has 6 nitrogen and oxygen atoms in total. The Hall–Kier alpha value is -2.74. The second-order valence-electron chi connectivity index (χ2n) is 5.07. The fourth-order valence-electron chi connectivity index (χ4n) is 2.19. The van der Waals surface area contributed by atoms with Gasteiger partial charge in [0.2, 0.25) is 0 Å². The van der Waals surface area contributed by atoms with E-state index in [-0.39, 0.29) is 11.6 Å². The maximum absolute atomic E-state index is 13.5. The average Bonchev–Trinajstić information content (AvgIpc) is 3.14. The number of aromatic nitrogens is 2. The maximum atomic E-state index is 13.5. The SMILES string of the molecule is COc1ccc(-c2nnc(SCCOc3ccccc3F)o2)c(OC)c1. The normalized spacial score (nSPS) is 10.6. The highest BCUT2D eigenvalue weighted by atomic mass is 32.2. The van der Waals surface area contributed by atoms with Gasteiger partial charge >= 0.3 is 0 Å². The van der Waals surface area contributed by atoms with Gasteiger partial charge in [-0.3, -0.25) is 0 Å². The molecule has 1 aromatic heterocycles. The van der Waals surface area contributed by atoms with E-state index in [0.717, 1.165) is 0 Å². The second-order valence-corrected chi connectivity index (χ2v) is 6.11. The highest BCUT2D eigenvalue weighted by Gasteiger charge is 2.15. The van der Waals surface area contributed by atoms with Gasteiger partial charge in [0.25, 0.3) is 11.1 Å². The lowest BCUT2D eigenvalue weighted by Crippen LogP contribution is -2.01. The molecule has 136 valence electrons. The van der Waals surface area contributed by atoms with Crippen molar-refractivity contribution in [3.05, 3.63) is 48.3 Å². The van der Waals surface area contributed by atoms with E-state index in [9.17, 15) is 4.39 Å². The van der Waals surface area contributed by atoms with Crippen LogP contribution >= 0.6 is 11.8 Å². The lowest BCUT2D eigenvalue weighted by atomic mass is 10.2. The predicted octanol–water partition coefficient (Wildman–Crippen LogP) is 4.06. The molecule has 0 spiro atoms. The van der Waals surface area contributed by atoms with Gasteiger partial charge in [0, 0.05) is 11.8 Å². The highest BCUT2D eigenvalue weighted by molar-refractivity contribution is 7.99. The average molecular weight is 376 g/mol. The molecule has 0 saturated carbocycles. The molecule has 0 radical (unpaired) electrons. The molecule has 0 fully saturated rings. The van der Waals surface area contributed by atoms with E-state index < -0.39 is 0 Å². The minimum absolute atomic E-state index is 0.224. The van der Waals surface area contributed by atoms with Crippen LogP contribution < -0.4 is 14.2 Å². The molecular weight excluding hydrogens is 359 g/mol. The lowest BCUT2D eigenvalue weighted by molar-refractivity contribution is 0.324. The summed E-state index contributed by atoms with van der Waals surface area (Å²) in [6.45, 7) is 0.315. The van der Waals surface area contributed by atoms with Crippen LogP contribution in [0.2, 0.25) is 0 Å². The van der Waals surface area contributed by atoms with E-state index >= 15 is 0 Å². The first-order valence-corrected chi connectivity index (χ1v) is 8.76. The van der Waals surface area contributed by atoms with Gasteiger partial charge in [-0.05, 0) is 24.3 Å². The number of hydrogen-bond acceptors (Lipinski definition) is 7. The van der Waals surface area contributed by atoms with Crippen molar-refractivity contribution in [2.45, 2.75) is 5.22 Å². The van der Waals surface area contributed by atoms with Crippen molar-refractivity contribution in [1.82, 2.24) is 10.2 Å². The molecule has 3 aromatic rings. The van der Waals surface area contributed by atoms with Crippen LogP contribution in [0.5, 0.6) is 17.2 Å². The molecular formula is C18H17FN2O4S. The smallest absolute Gasteiger partial charge is 0.276 e. The Kier molecular flexibility index (Phi) is 5.96. The molecule has 0 aliphatic heterocycles. The van der Waals surface area contributed by atoms with Gasteiger partial charge in [0.1, 0.15) is 11.5 Å². The van der Waals surface area contributed by atoms with Gasteiger partial charge < -0.3 is 18.6 Å². The van der Waals surface area contributed by atoms with Crippen LogP contribution in [-0.2, 0) is 0 Å². The minimum atomic E-state index is -0.385. The largest absolute Gasteiger partial charge is 0.497 e. The monoisotopic (exact) mass is 376 g/mol. The Labute approximate surface area is 154 Å². The van der Waals surface area contributed by atoms with Crippen molar-refractivity contribution >= 4 is 11.8 Å². The molecule has 0 N–H and O–H groups in total. The Morgan fingerprint density at radius 3 is 2.65 bits per heavy atom.